The van der Waals surface area contributed by atoms with Crippen LogP contribution in [-0.4, -0.2) is 27.6 Å². The number of aromatic hydroxyl groups is 1. The lowest BCUT2D eigenvalue weighted by molar-refractivity contribution is 0.410. The summed E-state index contributed by atoms with van der Waals surface area (Å²) < 4.78 is 7.18. The van der Waals surface area contributed by atoms with Crippen molar-refractivity contribution >= 4 is 39.1 Å². The van der Waals surface area contributed by atoms with Gasteiger partial charge >= 0.3 is 5.69 Å². The van der Waals surface area contributed by atoms with E-state index in [1.165, 1.54) is 0 Å². The van der Waals surface area contributed by atoms with Crippen molar-refractivity contribution in [3.63, 3.8) is 0 Å². The Morgan fingerprint density at radius 2 is 1.77 bits per heavy atom. The number of rotatable bonds is 6. The van der Waals surface area contributed by atoms with Gasteiger partial charge in [-0.05, 0) is 42.5 Å². The molecule has 0 aliphatic carbocycles. The Bertz CT molecular complexity index is 1510. The van der Waals surface area contributed by atoms with Crippen LogP contribution in [0.15, 0.2) is 91.9 Å². The van der Waals surface area contributed by atoms with E-state index in [0.29, 0.717) is 22.1 Å². The van der Waals surface area contributed by atoms with Gasteiger partial charge in [0.1, 0.15) is 17.1 Å². The molecule has 35 heavy (non-hydrogen) atoms. The number of nitrogens with zero attached hydrogens (tertiary/aromatic N) is 2. The van der Waals surface area contributed by atoms with Crippen LogP contribution < -0.4 is 21.3 Å². The first kappa shape index (κ1) is 24.3. The van der Waals surface area contributed by atoms with Crippen molar-refractivity contribution in [2.24, 2.45) is 4.99 Å². The molecule has 3 aromatic carbocycles. The van der Waals surface area contributed by atoms with Crippen LogP contribution in [0.5, 0.6) is 11.6 Å². The zero-order valence-corrected chi connectivity index (χ0v) is 20.8. The SMILES string of the molecule is COc1ccccc1CN=C(Nc1ccccc1Cl)c1c(O)n(-c2ccc(Br)cc2)c(=O)[nH]c1=O. The lowest BCUT2D eigenvalue weighted by Crippen LogP contribution is -2.35. The number of H-pyrrole nitrogens is 1. The summed E-state index contributed by atoms with van der Waals surface area (Å²) in [5.74, 6) is 0.0688. The maximum absolute atomic E-state index is 12.9. The van der Waals surface area contributed by atoms with Crippen LogP contribution in [-0.2, 0) is 6.54 Å². The molecule has 4 rings (SSSR count). The number of aromatic amines is 1. The lowest BCUT2D eigenvalue weighted by atomic mass is 10.2. The fourth-order valence-electron chi connectivity index (χ4n) is 3.44. The van der Waals surface area contributed by atoms with Gasteiger partial charge in [0.2, 0.25) is 5.88 Å². The largest absolute Gasteiger partial charge is 0.496 e. The number of amidine groups is 1. The van der Waals surface area contributed by atoms with E-state index in [0.717, 1.165) is 14.6 Å². The van der Waals surface area contributed by atoms with Gasteiger partial charge in [-0.3, -0.25) is 14.8 Å². The maximum Gasteiger partial charge on any atom is 0.335 e. The standard InChI is InChI=1S/C25H20BrClN4O4/c1-35-20-9-5-2-6-15(20)14-28-22(29-19-8-4-3-7-18(19)27)21-23(32)30-25(34)31(24(21)33)17-12-10-16(26)11-13-17/h2-13,33H,14H2,1H3,(H,28,29)(H,30,32,34). The third kappa shape index (κ3) is 5.31. The summed E-state index contributed by atoms with van der Waals surface area (Å²) in [6.07, 6.45) is 0. The summed E-state index contributed by atoms with van der Waals surface area (Å²) >= 11 is 9.66. The van der Waals surface area contributed by atoms with E-state index in [2.05, 4.69) is 31.2 Å². The van der Waals surface area contributed by atoms with Gasteiger partial charge in [0, 0.05) is 10.0 Å². The Morgan fingerprint density at radius 3 is 2.49 bits per heavy atom. The van der Waals surface area contributed by atoms with Crippen molar-refractivity contribution in [3.8, 4) is 17.3 Å². The van der Waals surface area contributed by atoms with Crippen LogP contribution in [0.1, 0.15) is 11.1 Å². The maximum atomic E-state index is 12.9. The average Bonchev–Trinajstić information content (AvgIpc) is 2.84. The van der Waals surface area contributed by atoms with Crippen LogP contribution >= 0.6 is 27.5 Å². The molecule has 178 valence electrons. The van der Waals surface area contributed by atoms with Gasteiger partial charge in [0.15, 0.2) is 0 Å². The predicted molar refractivity (Wildman–Crippen MR) is 140 cm³/mol. The number of methoxy groups -OCH3 is 1. The highest BCUT2D eigenvalue weighted by Crippen LogP contribution is 2.25. The summed E-state index contributed by atoms with van der Waals surface area (Å²) in [5.41, 5.74) is -0.240. The van der Waals surface area contributed by atoms with E-state index in [4.69, 9.17) is 16.3 Å². The zero-order chi connectivity index (χ0) is 24.9. The topological polar surface area (TPSA) is 109 Å². The summed E-state index contributed by atoms with van der Waals surface area (Å²) in [6.45, 7) is 0.118. The Kier molecular flexibility index (Phi) is 7.38. The first-order valence-corrected chi connectivity index (χ1v) is 11.6. The fourth-order valence-corrected chi connectivity index (χ4v) is 3.88. The van der Waals surface area contributed by atoms with Crippen LogP contribution in [0, 0.1) is 0 Å². The number of hydrogen-bond acceptors (Lipinski definition) is 5. The van der Waals surface area contributed by atoms with Crippen LogP contribution in [0.25, 0.3) is 5.69 Å². The third-order valence-electron chi connectivity index (χ3n) is 5.13. The molecular formula is C25H20BrClN4O4. The van der Waals surface area contributed by atoms with Gasteiger partial charge in [0.25, 0.3) is 5.56 Å². The van der Waals surface area contributed by atoms with Crippen LogP contribution in [0.3, 0.4) is 0 Å². The number of aromatic nitrogens is 2. The molecule has 10 heteroatoms. The highest BCUT2D eigenvalue weighted by molar-refractivity contribution is 9.10. The molecule has 1 heterocycles. The van der Waals surface area contributed by atoms with Gasteiger partial charge in [-0.1, -0.05) is 57.9 Å². The van der Waals surface area contributed by atoms with E-state index in [-0.39, 0.29) is 17.9 Å². The van der Waals surface area contributed by atoms with E-state index in [9.17, 15) is 14.7 Å². The number of anilines is 1. The number of benzene rings is 3. The summed E-state index contributed by atoms with van der Waals surface area (Å²) in [5, 5.41) is 14.6. The minimum Gasteiger partial charge on any atom is -0.496 e. The number of nitrogens with one attached hydrogen (secondary N) is 2. The average molecular weight is 556 g/mol. The molecule has 0 radical (unpaired) electrons. The number of para-hydroxylation sites is 2. The monoisotopic (exact) mass is 554 g/mol. The summed E-state index contributed by atoms with van der Waals surface area (Å²) in [6, 6.07) is 20.9. The Morgan fingerprint density at radius 1 is 1.09 bits per heavy atom. The molecule has 0 amide bonds. The van der Waals surface area contributed by atoms with Crippen molar-refractivity contribution in [3.05, 3.63) is 114 Å². The number of hydrogen-bond donors (Lipinski definition) is 3. The molecule has 0 aliphatic rings. The Hall–Kier alpha value is -3.82. The minimum atomic E-state index is -0.806. The van der Waals surface area contributed by atoms with Crippen molar-refractivity contribution in [2.45, 2.75) is 6.54 Å². The van der Waals surface area contributed by atoms with Gasteiger partial charge in [-0.15, -0.1) is 0 Å². The van der Waals surface area contributed by atoms with E-state index in [1.807, 2.05) is 18.2 Å². The van der Waals surface area contributed by atoms with Crippen molar-refractivity contribution in [2.75, 3.05) is 12.4 Å². The second-order valence-corrected chi connectivity index (χ2v) is 8.67. The Labute approximate surface area is 213 Å². The van der Waals surface area contributed by atoms with Gasteiger partial charge in [0.05, 0.1) is 30.1 Å². The molecule has 0 aliphatic heterocycles. The lowest BCUT2D eigenvalue weighted by Gasteiger charge is -2.16. The van der Waals surface area contributed by atoms with Crippen molar-refractivity contribution in [1.82, 2.24) is 9.55 Å². The third-order valence-corrected chi connectivity index (χ3v) is 5.99. The Balaban J connectivity index is 1.89. The molecule has 3 N–H and O–H groups in total. The second kappa shape index (κ2) is 10.6. The zero-order valence-electron chi connectivity index (χ0n) is 18.5. The van der Waals surface area contributed by atoms with Gasteiger partial charge < -0.3 is 15.2 Å². The van der Waals surface area contributed by atoms with Crippen molar-refractivity contribution in [1.29, 1.82) is 0 Å². The molecule has 8 nitrogen and oxygen atoms in total. The van der Waals surface area contributed by atoms with Gasteiger partial charge in [-0.25, -0.2) is 9.36 Å². The smallest absolute Gasteiger partial charge is 0.335 e. The molecule has 4 aromatic rings. The first-order chi connectivity index (χ1) is 16.9. The second-order valence-electron chi connectivity index (χ2n) is 7.35. The number of halogens is 2. The number of aliphatic imine (C=N–C) groups is 1. The summed E-state index contributed by atoms with van der Waals surface area (Å²) in [4.78, 5) is 32.4. The quantitative estimate of drug-likeness (QED) is 0.236. The van der Waals surface area contributed by atoms with E-state index < -0.39 is 17.1 Å². The normalized spacial score (nSPS) is 11.3. The number of ether oxygens (including phenoxy) is 1. The molecule has 0 unspecified atom stereocenters. The van der Waals surface area contributed by atoms with Gasteiger partial charge in [-0.2, -0.15) is 0 Å². The van der Waals surface area contributed by atoms with E-state index in [1.54, 1.807) is 61.7 Å². The molecular weight excluding hydrogens is 536 g/mol. The predicted octanol–water partition coefficient (Wildman–Crippen LogP) is 4.71. The fraction of sp³-hybridized carbons (Fsp3) is 0.0800. The molecule has 0 saturated heterocycles. The molecule has 0 atom stereocenters. The van der Waals surface area contributed by atoms with Crippen LogP contribution in [0.4, 0.5) is 5.69 Å². The highest BCUT2D eigenvalue weighted by atomic mass is 79.9. The molecule has 0 fully saturated rings. The molecule has 0 bridgehead atoms. The first-order valence-electron chi connectivity index (χ1n) is 10.4. The van der Waals surface area contributed by atoms with E-state index >= 15 is 0 Å². The summed E-state index contributed by atoms with van der Waals surface area (Å²) in [7, 11) is 1.55. The minimum absolute atomic E-state index is 0.0219. The molecule has 1 aromatic heterocycles. The van der Waals surface area contributed by atoms with Crippen LogP contribution in [0.2, 0.25) is 5.02 Å². The molecule has 0 saturated carbocycles. The van der Waals surface area contributed by atoms with Crippen molar-refractivity contribution < 1.29 is 9.84 Å². The molecule has 0 spiro atoms. The highest BCUT2D eigenvalue weighted by Gasteiger charge is 2.21.